The highest BCUT2D eigenvalue weighted by molar-refractivity contribution is 5.85. The van der Waals surface area contributed by atoms with E-state index in [4.69, 9.17) is 5.26 Å². The fraction of sp³-hybridized carbons (Fsp3) is 0.385. The predicted octanol–water partition coefficient (Wildman–Crippen LogP) is -0.00932. The largest absolute Gasteiger partial charge is 0.357 e. The van der Waals surface area contributed by atoms with Crippen LogP contribution in [0.3, 0.4) is 0 Å². The maximum atomic E-state index is 11.9. The Hall–Kier alpha value is -2.66. The van der Waals surface area contributed by atoms with Crippen LogP contribution >= 0.6 is 0 Å². The number of rotatable bonds is 3. The Morgan fingerprint density at radius 3 is 3.00 bits per heavy atom. The van der Waals surface area contributed by atoms with Crippen molar-refractivity contribution < 1.29 is 9.72 Å². The van der Waals surface area contributed by atoms with Gasteiger partial charge in [-0.3, -0.25) is 14.9 Å². The van der Waals surface area contributed by atoms with Gasteiger partial charge in [0.1, 0.15) is 17.7 Å². The smallest absolute Gasteiger partial charge is 0.287 e. The van der Waals surface area contributed by atoms with Gasteiger partial charge in [-0.15, -0.1) is 0 Å². The van der Waals surface area contributed by atoms with E-state index in [0.29, 0.717) is 25.3 Å². The van der Waals surface area contributed by atoms with Crippen molar-refractivity contribution in [1.29, 1.82) is 5.26 Å². The van der Waals surface area contributed by atoms with Crippen LogP contribution < -0.4 is 15.5 Å². The zero-order valence-corrected chi connectivity index (χ0v) is 11.5. The molecule has 0 bridgehead atoms. The van der Waals surface area contributed by atoms with Crippen LogP contribution in [-0.4, -0.2) is 43.6 Å². The maximum Gasteiger partial charge on any atom is 0.287 e. The quantitative estimate of drug-likeness (QED) is 0.598. The Kier molecular flexibility index (Phi) is 4.35. The zero-order valence-electron chi connectivity index (χ0n) is 11.5. The number of amides is 1. The fourth-order valence-corrected chi connectivity index (χ4v) is 2.37. The van der Waals surface area contributed by atoms with Crippen molar-refractivity contribution in [2.75, 3.05) is 31.6 Å². The molecular formula is C13H15N5O3. The van der Waals surface area contributed by atoms with E-state index in [1.54, 1.807) is 13.1 Å². The number of nitriles is 1. The van der Waals surface area contributed by atoms with E-state index in [-0.39, 0.29) is 17.2 Å². The molecule has 1 amide bonds. The molecular weight excluding hydrogens is 274 g/mol. The Morgan fingerprint density at radius 1 is 1.62 bits per heavy atom. The summed E-state index contributed by atoms with van der Waals surface area (Å²) in [5.41, 5.74) is 0.395. The lowest BCUT2D eigenvalue weighted by Gasteiger charge is -2.36. The molecule has 1 unspecified atom stereocenters. The normalized spacial score (nSPS) is 17.9. The second kappa shape index (κ2) is 6.19. The Morgan fingerprint density at radius 2 is 2.38 bits per heavy atom. The van der Waals surface area contributed by atoms with Gasteiger partial charge in [0, 0.05) is 38.4 Å². The zero-order chi connectivity index (χ0) is 15.4. The molecule has 1 aliphatic heterocycles. The second-order valence-corrected chi connectivity index (χ2v) is 4.60. The first-order valence-corrected chi connectivity index (χ1v) is 6.46. The van der Waals surface area contributed by atoms with Gasteiger partial charge in [0.05, 0.1) is 4.92 Å². The highest BCUT2D eigenvalue weighted by Gasteiger charge is 2.29. The molecule has 1 saturated heterocycles. The SMILES string of the molecule is CNC(=O)C1CNCCN1c1ccc([N+](=O)[O-])c(C#N)c1. The summed E-state index contributed by atoms with van der Waals surface area (Å²) >= 11 is 0. The molecule has 0 aliphatic carbocycles. The van der Waals surface area contributed by atoms with Gasteiger partial charge in [-0.1, -0.05) is 0 Å². The third-order valence-electron chi connectivity index (χ3n) is 3.42. The summed E-state index contributed by atoms with van der Waals surface area (Å²) in [6.07, 6.45) is 0. The standard InChI is InChI=1S/C13H15N5O3/c1-15-13(19)12-8-16-4-5-17(12)10-2-3-11(18(20)21)9(6-10)7-14/h2-3,6,12,16H,4-5,8H2,1H3,(H,15,19). The lowest BCUT2D eigenvalue weighted by atomic mass is 10.1. The van der Waals surface area contributed by atoms with Gasteiger partial charge in [-0.2, -0.15) is 5.26 Å². The molecule has 1 atom stereocenters. The fourth-order valence-electron chi connectivity index (χ4n) is 2.37. The first-order chi connectivity index (χ1) is 10.1. The molecule has 2 N–H and O–H groups in total. The van der Waals surface area contributed by atoms with Crippen LogP contribution in [0.2, 0.25) is 0 Å². The van der Waals surface area contributed by atoms with E-state index in [0.717, 1.165) is 0 Å². The minimum absolute atomic E-state index is 0.00770. The van der Waals surface area contributed by atoms with E-state index in [1.165, 1.54) is 12.1 Å². The number of hydrogen-bond donors (Lipinski definition) is 2. The van der Waals surface area contributed by atoms with Crippen molar-refractivity contribution in [3.63, 3.8) is 0 Å². The Labute approximate surface area is 121 Å². The average Bonchev–Trinajstić information content (AvgIpc) is 2.53. The van der Waals surface area contributed by atoms with Crippen LogP contribution in [0.5, 0.6) is 0 Å². The highest BCUT2D eigenvalue weighted by Crippen LogP contribution is 2.26. The molecule has 0 saturated carbocycles. The number of carbonyl (C=O) groups excluding carboxylic acids is 1. The molecule has 1 aliphatic rings. The van der Waals surface area contributed by atoms with Crippen molar-refractivity contribution in [2.24, 2.45) is 0 Å². The molecule has 21 heavy (non-hydrogen) atoms. The molecule has 1 fully saturated rings. The van der Waals surface area contributed by atoms with Gasteiger partial charge in [-0.05, 0) is 12.1 Å². The lowest BCUT2D eigenvalue weighted by Crippen LogP contribution is -2.57. The van der Waals surface area contributed by atoms with Crippen molar-refractivity contribution in [2.45, 2.75) is 6.04 Å². The molecule has 0 radical (unpaired) electrons. The number of nitro benzene ring substituents is 1. The maximum absolute atomic E-state index is 11.9. The third kappa shape index (κ3) is 2.93. The number of likely N-dealkylation sites (N-methyl/N-ethyl adjacent to an activating group) is 1. The van der Waals surface area contributed by atoms with Crippen molar-refractivity contribution in [3.05, 3.63) is 33.9 Å². The summed E-state index contributed by atoms with van der Waals surface area (Å²) in [7, 11) is 1.56. The second-order valence-electron chi connectivity index (χ2n) is 4.60. The first-order valence-electron chi connectivity index (χ1n) is 6.46. The molecule has 2 rings (SSSR count). The van der Waals surface area contributed by atoms with E-state index in [1.807, 2.05) is 11.0 Å². The number of piperazine rings is 1. The molecule has 1 heterocycles. The topological polar surface area (TPSA) is 111 Å². The summed E-state index contributed by atoms with van der Waals surface area (Å²) in [4.78, 5) is 24.0. The summed E-state index contributed by atoms with van der Waals surface area (Å²) < 4.78 is 0. The van der Waals surface area contributed by atoms with Crippen LogP contribution in [0.15, 0.2) is 18.2 Å². The van der Waals surface area contributed by atoms with Crippen molar-refractivity contribution in [1.82, 2.24) is 10.6 Å². The van der Waals surface area contributed by atoms with E-state index in [9.17, 15) is 14.9 Å². The number of nitrogens with zero attached hydrogens (tertiary/aromatic N) is 3. The Balaban J connectivity index is 2.38. The third-order valence-corrected chi connectivity index (χ3v) is 3.42. The summed E-state index contributed by atoms with van der Waals surface area (Å²) in [6.45, 7) is 1.77. The van der Waals surface area contributed by atoms with Gasteiger partial charge in [-0.25, -0.2) is 0 Å². The highest BCUT2D eigenvalue weighted by atomic mass is 16.6. The summed E-state index contributed by atoms with van der Waals surface area (Å²) in [5, 5.41) is 25.6. The number of benzene rings is 1. The monoisotopic (exact) mass is 289 g/mol. The molecule has 0 spiro atoms. The van der Waals surface area contributed by atoms with Gasteiger partial charge in [0.25, 0.3) is 5.69 Å². The van der Waals surface area contributed by atoms with E-state index >= 15 is 0 Å². The van der Waals surface area contributed by atoms with Gasteiger partial charge < -0.3 is 15.5 Å². The molecule has 0 aromatic heterocycles. The first kappa shape index (κ1) is 14.7. The van der Waals surface area contributed by atoms with Gasteiger partial charge in [0.2, 0.25) is 5.91 Å². The summed E-state index contributed by atoms with van der Waals surface area (Å²) in [5.74, 6) is -0.140. The lowest BCUT2D eigenvalue weighted by molar-refractivity contribution is -0.385. The van der Waals surface area contributed by atoms with Gasteiger partial charge >= 0.3 is 0 Å². The van der Waals surface area contributed by atoms with E-state index < -0.39 is 11.0 Å². The number of nitro groups is 1. The van der Waals surface area contributed by atoms with Crippen LogP contribution in [0, 0.1) is 21.4 Å². The van der Waals surface area contributed by atoms with Crippen LogP contribution in [0.25, 0.3) is 0 Å². The number of nitrogens with one attached hydrogen (secondary N) is 2. The number of anilines is 1. The average molecular weight is 289 g/mol. The van der Waals surface area contributed by atoms with Crippen LogP contribution in [-0.2, 0) is 4.79 Å². The van der Waals surface area contributed by atoms with Crippen molar-refractivity contribution >= 4 is 17.3 Å². The molecule has 8 heteroatoms. The van der Waals surface area contributed by atoms with Crippen LogP contribution in [0.4, 0.5) is 11.4 Å². The van der Waals surface area contributed by atoms with Crippen LogP contribution in [0.1, 0.15) is 5.56 Å². The molecule has 8 nitrogen and oxygen atoms in total. The number of carbonyl (C=O) groups is 1. The minimum atomic E-state index is -0.587. The predicted molar refractivity (Wildman–Crippen MR) is 75.9 cm³/mol. The van der Waals surface area contributed by atoms with Gasteiger partial charge in [0.15, 0.2) is 0 Å². The molecule has 110 valence electrons. The molecule has 1 aromatic rings. The minimum Gasteiger partial charge on any atom is -0.357 e. The van der Waals surface area contributed by atoms with E-state index in [2.05, 4.69) is 10.6 Å². The summed E-state index contributed by atoms with van der Waals surface area (Å²) in [6, 6.07) is 5.75. The Bertz CT molecular complexity index is 610. The number of hydrogen-bond acceptors (Lipinski definition) is 6. The van der Waals surface area contributed by atoms with Crippen molar-refractivity contribution in [3.8, 4) is 6.07 Å². The molecule has 1 aromatic carbocycles.